The number of hydrogen-bond donors (Lipinski definition) is 2. The third-order valence-electron chi connectivity index (χ3n) is 6.99. The second-order valence-electron chi connectivity index (χ2n) is 11.1. The average molecular weight is 688 g/mol. The van der Waals surface area contributed by atoms with E-state index in [2.05, 4.69) is 28.5 Å². The van der Waals surface area contributed by atoms with Crippen molar-refractivity contribution in [3.63, 3.8) is 0 Å². The van der Waals surface area contributed by atoms with Crippen molar-refractivity contribution >= 4 is 70.8 Å². The van der Waals surface area contributed by atoms with Gasteiger partial charge in [-0.3, -0.25) is 19.3 Å². The molecule has 0 spiro atoms. The van der Waals surface area contributed by atoms with Gasteiger partial charge in [-0.15, -0.1) is 23.5 Å². The van der Waals surface area contributed by atoms with Gasteiger partial charge in [0, 0.05) is 43.5 Å². The summed E-state index contributed by atoms with van der Waals surface area (Å²) in [5.41, 5.74) is 4.82. The number of carbonyl (C=O) groups excluding carboxylic acids is 4. The van der Waals surface area contributed by atoms with Crippen LogP contribution in [-0.2, 0) is 34.4 Å². The molecule has 10 nitrogen and oxygen atoms in total. The summed E-state index contributed by atoms with van der Waals surface area (Å²) in [5.74, 6) is 1.25. The lowest BCUT2D eigenvalue weighted by atomic mass is 10.0. The number of fused-ring (bicyclic) bond motifs is 6. The molecule has 0 aliphatic carbocycles. The number of thioether (sulfide) groups is 2. The largest absolute Gasteiger partial charge is 0.494 e. The fourth-order valence-electron chi connectivity index (χ4n) is 5.17. The summed E-state index contributed by atoms with van der Waals surface area (Å²) >= 11 is 9.37. The molecule has 0 bridgehead atoms. The van der Waals surface area contributed by atoms with Crippen LogP contribution in [0.1, 0.15) is 47.1 Å². The fourth-order valence-corrected chi connectivity index (χ4v) is 7.81. The van der Waals surface area contributed by atoms with Gasteiger partial charge in [-0.1, -0.05) is 25.4 Å². The molecule has 1 fully saturated rings. The molecule has 0 saturated carbocycles. The lowest BCUT2D eigenvalue weighted by Gasteiger charge is -2.49. The number of carbonyl (C=O) groups is 4. The highest BCUT2D eigenvalue weighted by molar-refractivity contribution is 8.00. The lowest BCUT2D eigenvalue weighted by Crippen LogP contribution is -2.69. The average Bonchev–Trinajstić information content (AvgIpc) is 3.40. The van der Waals surface area contributed by atoms with Crippen molar-refractivity contribution in [1.82, 2.24) is 15.2 Å². The number of halogens is 1. The van der Waals surface area contributed by atoms with Crippen LogP contribution >= 0.6 is 35.1 Å². The van der Waals surface area contributed by atoms with E-state index in [0.29, 0.717) is 24.3 Å². The standard InChI is InChI=1S/C17H14ClNOS.C14H18N2O6S.C2H6/c1-2-20-11-4-5-12-16(8-11)21-9-14-13-7-10(18)3-6-15(13)19-17(12)14;1-14(2,3)22-13(20)10-8(4-21-7-18)5-23-12-9(15-6-17)11(19)16(10)12;1-2/h3-8,19H,2,9H2,1H3;6-7,9,12H,4-5H2,1-3H3,(H,15,17);1-2H3. The summed E-state index contributed by atoms with van der Waals surface area (Å²) in [5, 5.41) is 4.09. The van der Waals surface area contributed by atoms with Gasteiger partial charge < -0.3 is 24.5 Å². The van der Waals surface area contributed by atoms with Gasteiger partial charge in [0.1, 0.15) is 35.1 Å². The highest BCUT2D eigenvalue weighted by atomic mass is 35.5. The number of nitrogens with one attached hydrogen (secondary N) is 2. The quantitative estimate of drug-likeness (QED) is 0.159. The van der Waals surface area contributed by atoms with Crippen LogP contribution in [0.25, 0.3) is 22.2 Å². The van der Waals surface area contributed by atoms with Crippen molar-refractivity contribution in [2.45, 2.75) is 69.2 Å². The molecule has 2 aromatic carbocycles. The number of aromatic nitrogens is 1. The molecule has 1 saturated heterocycles. The number of aromatic amines is 1. The number of ether oxygens (including phenoxy) is 3. The van der Waals surface area contributed by atoms with Gasteiger partial charge in [-0.05, 0) is 69.7 Å². The maximum atomic E-state index is 12.5. The minimum atomic E-state index is -0.727. The first-order valence-electron chi connectivity index (χ1n) is 14.9. The summed E-state index contributed by atoms with van der Waals surface area (Å²) in [4.78, 5) is 51.8. The van der Waals surface area contributed by atoms with E-state index in [9.17, 15) is 19.2 Å². The smallest absolute Gasteiger partial charge is 0.355 e. The molecule has 2 N–H and O–H groups in total. The number of benzene rings is 2. The number of hydrogen-bond acceptors (Lipinski definition) is 9. The Bertz CT molecular complexity index is 1650. The maximum Gasteiger partial charge on any atom is 0.355 e. The minimum Gasteiger partial charge on any atom is -0.494 e. The topological polar surface area (TPSA) is 127 Å². The van der Waals surface area contributed by atoms with Crippen LogP contribution in [0.2, 0.25) is 5.02 Å². The van der Waals surface area contributed by atoms with E-state index in [-0.39, 0.29) is 24.2 Å². The van der Waals surface area contributed by atoms with Crippen molar-refractivity contribution in [3.8, 4) is 17.0 Å². The highest BCUT2D eigenvalue weighted by Crippen LogP contribution is 2.46. The first kappa shape index (κ1) is 35.2. The van der Waals surface area contributed by atoms with Gasteiger partial charge in [0.05, 0.1) is 12.3 Å². The Morgan fingerprint density at radius 2 is 1.91 bits per heavy atom. The molecule has 2 atom stereocenters. The van der Waals surface area contributed by atoms with Gasteiger partial charge in [-0.25, -0.2) is 4.79 Å². The first-order chi connectivity index (χ1) is 22.1. The summed E-state index contributed by atoms with van der Waals surface area (Å²) in [6.07, 6.45) is 0.461. The molecule has 3 aliphatic heterocycles. The second-order valence-corrected chi connectivity index (χ2v) is 13.6. The van der Waals surface area contributed by atoms with Gasteiger partial charge in [0.15, 0.2) is 0 Å². The molecule has 4 heterocycles. The lowest BCUT2D eigenvalue weighted by molar-refractivity contribution is -0.158. The monoisotopic (exact) mass is 687 g/mol. The predicted molar refractivity (Wildman–Crippen MR) is 182 cm³/mol. The minimum absolute atomic E-state index is 0.0899. The van der Waals surface area contributed by atoms with Crippen molar-refractivity contribution < 1.29 is 33.4 Å². The summed E-state index contributed by atoms with van der Waals surface area (Å²) in [7, 11) is 0. The van der Waals surface area contributed by atoms with E-state index in [1.165, 1.54) is 43.8 Å². The Balaban J connectivity index is 0.000000199. The second kappa shape index (κ2) is 15.3. The van der Waals surface area contributed by atoms with Gasteiger partial charge >= 0.3 is 5.97 Å². The van der Waals surface area contributed by atoms with Crippen molar-refractivity contribution in [2.24, 2.45) is 0 Å². The predicted octanol–water partition coefficient (Wildman–Crippen LogP) is 6.30. The van der Waals surface area contributed by atoms with E-state index >= 15 is 0 Å². The van der Waals surface area contributed by atoms with Gasteiger partial charge in [0.2, 0.25) is 6.41 Å². The summed E-state index contributed by atoms with van der Waals surface area (Å²) in [6.45, 7) is 12.1. The fraction of sp³-hybridized carbons (Fsp3) is 0.394. The van der Waals surface area contributed by atoms with Crippen LogP contribution in [0, 0.1) is 0 Å². The molecule has 1 aromatic heterocycles. The molecule has 3 aliphatic rings. The molecule has 6 rings (SSSR count). The molecule has 2 unspecified atom stereocenters. The van der Waals surface area contributed by atoms with Crippen molar-refractivity contribution in [1.29, 1.82) is 0 Å². The normalized spacial score (nSPS) is 17.9. The van der Waals surface area contributed by atoms with Crippen molar-refractivity contribution in [3.05, 3.63) is 58.3 Å². The Morgan fingerprint density at radius 1 is 1.15 bits per heavy atom. The SMILES string of the molecule is CC.CC(C)(C)OC(=O)C1=C(COC=O)CSC2C(NC=O)C(=O)N12.CCOc1ccc2c(c1)SCc1c-2[nH]c2ccc(Cl)cc12. The highest BCUT2D eigenvalue weighted by Gasteiger charge is 2.54. The van der Waals surface area contributed by atoms with E-state index in [1.54, 1.807) is 20.8 Å². The molecule has 13 heteroatoms. The molecule has 2 amide bonds. The number of H-pyrrole nitrogens is 1. The molecular weight excluding hydrogens is 650 g/mol. The molecule has 46 heavy (non-hydrogen) atoms. The van der Waals surface area contributed by atoms with Crippen LogP contribution in [0.5, 0.6) is 5.75 Å². The zero-order chi connectivity index (χ0) is 33.6. The zero-order valence-corrected chi connectivity index (χ0v) is 29.0. The maximum absolute atomic E-state index is 12.5. The number of esters is 1. The number of rotatable bonds is 8. The summed E-state index contributed by atoms with van der Waals surface area (Å²) in [6, 6.07) is 11.7. The zero-order valence-electron chi connectivity index (χ0n) is 26.6. The molecular formula is C33H38ClN3O7S2. The Kier molecular flexibility index (Phi) is 11.7. The van der Waals surface area contributed by atoms with Crippen LogP contribution in [0.15, 0.2) is 52.6 Å². The summed E-state index contributed by atoms with van der Waals surface area (Å²) < 4.78 is 15.7. The van der Waals surface area contributed by atoms with E-state index in [1.807, 2.05) is 50.7 Å². The molecule has 246 valence electrons. The Hall–Kier alpha value is -3.61. The van der Waals surface area contributed by atoms with Gasteiger partial charge in [0.25, 0.3) is 12.4 Å². The Labute approximate surface area is 281 Å². The van der Waals surface area contributed by atoms with E-state index in [4.69, 9.17) is 25.8 Å². The number of nitrogens with zero attached hydrogens (tertiary/aromatic N) is 1. The third kappa shape index (κ3) is 7.50. The first-order valence-corrected chi connectivity index (χ1v) is 17.3. The molecule has 3 aromatic rings. The van der Waals surface area contributed by atoms with E-state index < -0.39 is 23.5 Å². The number of amides is 2. The Morgan fingerprint density at radius 3 is 2.59 bits per heavy atom. The van der Waals surface area contributed by atoms with Crippen LogP contribution in [-0.4, -0.2) is 70.6 Å². The van der Waals surface area contributed by atoms with Gasteiger partial charge in [-0.2, -0.15) is 0 Å². The molecule has 0 radical (unpaired) electrons. The van der Waals surface area contributed by atoms with Crippen LogP contribution in [0.4, 0.5) is 0 Å². The van der Waals surface area contributed by atoms with E-state index in [0.717, 1.165) is 22.0 Å². The van der Waals surface area contributed by atoms with Crippen LogP contribution in [0.3, 0.4) is 0 Å². The number of β-lactam (4-membered cyclic amide) rings is 1. The third-order valence-corrected chi connectivity index (χ3v) is 9.64. The van der Waals surface area contributed by atoms with Crippen LogP contribution < -0.4 is 10.1 Å². The van der Waals surface area contributed by atoms with Crippen molar-refractivity contribution in [2.75, 3.05) is 19.0 Å².